The molecule has 0 spiro atoms. The van der Waals surface area contributed by atoms with Crippen LogP contribution < -0.4 is 5.32 Å². The van der Waals surface area contributed by atoms with Gasteiger partial charge in [0.15, 0.2) is 0 Å². The van der Waals surface area contributed by atoms with Crippen LogP contribution in [-0.2, 0) is 24.2 Å². The van der Waals surface area contributed by atoms with Crippen LogP contribution in [0.1, 0.15) is 43.6 Å². The maximum Gasteiger partial charge on any atom is 0.341 e. The van der Waals surface area contributed by atoms with E-state index in [1.165, 1.54) is 41.2 Å². The lowest BCUT2D eigenvalue weighted by atomic mass is 10.0. The summed E-state index contributed by atoms with van der Waals surface area (Å²) in [6.07, 6.45) is 0.681. The SMILES string of the molecule is CCOC(=O)c1c(NC(=O)c2ccc([N+](=O)[O-])cc2)sc2c1CCN(Cc1ccccc1)C2. The molecule has 0 unspecified atom stereocenters. The van der Waals surface area contributed by atoms with Crippen LogP contribution in [0.2, 0.25) is 0 Å². The van der Waals surface area contributed by atoms with Crippen LogP contribution in [0.3, 0.4) is 0 Å². The molecular formula is C24H23N3O5S. The predicted molar refractivity (Wildman–Crippen MR) is 126 cm³/mol. The molecule has 1 N–H and O–H groups in total. The number of anilines is 1. The molecule has 33 heavy (non-hydrogen) atoms. The molecule has 2 aromatic carbocycles. The van der Waals surface area contributed by atoms with E-state index in [-0.39, 0.29) is 17.9 Å². The highest BCUT2D eigenvalue weighted by molar-refractivity contribution is 7.17. The Morgan fingerprint density at radius 1 is 1.15 bits per heavy atom. The minimum Gasteiger partial charge on any atom is -0.462 e. The molecule has 0 radical (unpaired) electrons. The average molecular weight is 466 g/mol. The molecule has 9 heteroatoms. The first-order valence-electron chi connectivity index (χ1n) is 10.6. The number of esters is 1. The molecule has 8 nitrogen and oxygen atoms in total. The van der Waals surface area contributed by atoms with Crippen LogP contribution >= 0.6 is 11.3 Å². The maximum atomic E-state index is 12.8. The summed E-state index contributed by atoms with van der Waals surface area (Å²) < 4.78 is 5.27. The second kappa shape index (κ2) is 9.93. The Bertz CT molecular complexity index is 1170. The number of carbonyl (C=O) groups excluding carboxylic acids is 2. The average Bonchev–Trinajstić information content (AvgIpc) is 3.17. The van der Waals surface area contributed by atoms with E-state index >= 15 is 0 Å². The van der Waals surface area contributed by atoms with Crippen molar-refractivity contribution in [3.8, 4) is 0 Å². The molecule has 0 aliphatic carbocycles. The molecule has 1 aliphatic rings. The van der Waals surface area contributed by atoms with Gasteiger partial charge in [-0.1, -0.05) is 30.3 Å². The van der Waals surface area contributed by atoms with E-state index in [1.807, 2.05) is 18.2 Å². The van der Waals surface area contributed by atoms with E-state index in [0.29, 0.717) is 23.5 Å². The molecular weight excluding hydrogens is 442 g/mol. The summed E-state index contributed by atoms with van der Waals surface area (Å²) in [7, 11) is 0. The Labute approximate surface area is 194 Å². The Balaban J connectivity index is 1.58. The Hall–Kier alpha value is -3.56. The molecule has 0 atom stereocenters. The summed E-state index contributed by atoms with van der Waals surface area (Å²) in [6.45, 7) is 4.25. The third kappa shape index (κ3) is 5.10. The molecule has 0 fully saturated rings. The lowest BCUT2D eigenvalue weighted by Gasteiger charge is -2.27. The van der Waals surface area contributed by atoms with Gasteiger partial charge in [-0.25, -0.2) is 4.79 Å². The van der Waals surface area contributed by atoms with Gasteiger partial charge in [0.2, 0.25) is 0 Å². The number of nitrogens with one attached hydrogen (secondary N) is 1. The summed E-state index contributed by atoms with van der Waals surface area (Å²) in [6, 6.07) is 15.5. The first-order chi connectivity index (χ1) is 16.0. The third-order valence-corrected chi connectivity index (χ3v) is 6.56. The maximum absolute atomic E-state index is 12.8. The fourth-order valence-electron chi connectivity index (χ4n) is 3.85. The molecule has 3 aromatic rings. The fourth-order valence-corrected chi connectivity index (χ4v) is 5.12. The number of nitrogens with zero attached hydrogens (tertiary/aromatic N) is 2. The van der Waals surface area contributed by atoms with Crippen molar-refractivity contribution in [1.82, 2.24) is 4.90 Å². The van der Waals surface area contributed by atoms with E-state index in [2.05, 4.69) is 22.3 Å². The van der Waals surface area contributed by atoms with Crippen LogP contribution in [0, 0.1) is 10.1 Å². The van der Waals surface area contributed by atoms with Crippen molar-refractivity contribution >= 4 is 33.9 Å². The van der Waals surface area contributed by atoms with Gasteiger partial charge in [-0.2, -0.15) is 0 Å². The second-order valence-electron chi connectivity index (χ2n) is 7.63. The van der Waals surface area contributed by atoms with Gasteiger partial charge in [-0.15, -0.1) is 11.3 Å². The highest BCUT2D eigenvalue weighted by Crippen LogP contribution is 2.38. The summed E-state index contributed by atoms with van der Waals surface area (Å²) in [4.78, 5) is 39.2. The number of amides is 1. The van der Waals surface area contributed by atoms with Gasteiger partial charge in [0.25, 0.3) is 11.6 Å². The highest BCUT2D eigenvalue weighted by Gasteiger charge is 2.29. The number of carbonyl (C=O) groups is 2. The zero-order chi connectivity index (χ0) is 23.4. The molecule has 1 aromatic heterocycles. The zero-order valence-corrected chi connectivity index (χ0v) is 18.9. The number of rotatable bonds is 7. The number of fused-ring (bicyclic) bond motifs is 1. The topological polar surface area (TPSA) is 102 Å². The third-order valence-electron chi connectivity index (χ3n) is 5.43. The number of nitro benzene ring substituents is 1. The van der Waals surface area contributed by atoms with Gasteiger partial charge in [-0.05, 0) is 36.6 Å². The Kier molecular flexibility index (Phi) is 6.81. The van der Waals surface area contributed by atoms with Crippen molar-refractivity contribution < 1.29 is 19.2 Å². The molecule has 1 aliphatic heterocycles. The van der Waals surface area contributed by atoms with Crippen LogP contribution in [0.25, 0.3) is 0 Å². The van der Waals surface area contributed by atoms with Crippen LogP contribution in [0.4, 0.5) is 10.7 Å². The van der Waals surface area contributed by atoms with E-state index in [4.69, 9.17) is 4.74 Å². The smallest absolute Gasteiger partial charge is 0.341 e. The van der Waals surface area contributed by atoms with Crippen molar-refractivity contribution in [2.24, 2.45) is 0 Å². The zero-order valence-electron chi connectivity index (χ0n) is 18.1. The van der Waals surface area contributed by atoms with Crippen LogP contribution in [0.15, 0.2) is 54.6 Å². The number of ether oxygens (including phenoxy) is 1. The minimum atomic E-state index is -0.519. The molecule has 2 heterocycles. The molecule has 0 saturated heterocycles. The molecule has 0 bridgehead atoms. The number of nitro groups is 1. The van der Waals surface area contributed by atoms with Crippen molar-refractivity contribution in [3.63, 3.8) is 0 Å². The summed E-state index contributed by atoms with van der Waals surface area (Å²) >= 11 is 1.38. The van der Waals surface area contributed by atoms with E-state index in [1.54, 1.807) is 6.92 Å². The molecule has 0 saturated carbocycles. The normalized spacial score (nSPS) is 13.2. The van der Waals surface area contributed by atoms with Gasteiger partial charge in [-0.3, -0.25) is 19.8 Å². The van der Waals surface area contributed by atoms with Crippen molar-refractivity contribution in [2.75, 3.05) is 18.5 Å². The van der Waals surface area contributed by atoms with Crippen LogP contribution in [-0.4, -0.2) is 34.9 Å². The van der Waals surface area contributed by atoms with E-state index in [0.717, 1.165) is 23.5 Å². The standard InChI is InChI=1S/C24H23N3O5S/c1-2-32-24(29)21-19-12-13-26(14-16-6-4-3-5-7-16)15-20(19)33-23(21)25-22(28)17-8-10-18(11-9-17)27(30)31/h3-11H,2,12-15H2,1H3,(H,25,28). The lowest BCUT2D eigenvalue weighted by Crippen LogP contribution is -2.29. The molecule has 1 amide bonds. The quantitative estimate of drug-likeness (QED) is 0.310. The second-order valence-corrected chi connectivity index (χ2v) is 8.74. The Morgan fingerprint density at radius 2 is 1.88 bits per heavy atom. The number of non-ortho nitro benzene ring substituents is 1. The van der Waals surface area contributed by atoms with Gasteiger partial charge >= 0.3 is 5.97 Å². The number of thiophene rings is 1. The van der Waals surface area contributed by atoms with Crippen molar-refractivity contribution in [1.29, 1.82) is 0 Å². The van der Waals surface area contributed by atoms with Gasteiger partial charge in [0.1, 0.15) is 5.00 Å². The lowest BCUT2D eigenvalue weighted by molar-refractivity contribution is -0.384. The fraction of sp³-hybridized carbons (Fsp3) is 0.250. The summed E-state index contributed by atoms with van der Waals surface area (Å²) in [5.41, 5.74) is 2.72. The Morgan fingerprint density at radius 3 is 2.55 bits per heavy atom. The highest BCUT2D eigenvalue weighted by atomic mass is 32.1. The predicted octanol–water partition coefficient (Wildman–Crippen LogP) is 4.64. The largest absolute Gasteiger partial charge is 0.462 e. The summed E-state index contributed by atoms with van der Waals surface area (Å²) in [5.74, 6) is -0.888. The van der Waals surface area contributed by atoms with Gasteiger partial charge in [0, 0.05) is 42.2 Å². The van der Waals surface area contributed by atoms with Gasteiger partial charge in [0.05, 0.1) is 17.1 Å². The first-order valence-corrected chi connectivity index (χ1v) is 11.4. The van der Waals surface area contributed by atoms with Crippen molar-refractivity contribution in [3.05, 3.63) is 91.8 Å². The van der Waals surface area contributed by atoms with Gasteiger partial charge < -0.3 is 10.1 Å². The number of hydrogen-bond acceptors (Lipinski definition) is 7. The van der Waals surface area contributed by atoms with E-state index < -0.39 is 16.8 Å². The molecule has 170 valence electrons. The number of hydrogen-bond donors (Lipinski definition) is 1. The minimum absolute atomic E-state index is 0.0937. The monoisotopic (exact) mass is 465 g/mol. The number of benzene rings is 2. The molecule has 4 rings (SSSR count). The van der Waals surface area contributed by atoms with Crippen molar-refractivity contribution in [2.45, 2.75) is 26.4 Å². The van der Waals surface area contributed by atoms with Crippen LogP contribution in [0.5, 0.6) is 0 Å². The first kappa shape index (κ1) is 22.6. The summed E-state index contributed by atoms with van der Waals surface area (Å²) in [5, 5.41) is 14.1. The van der Waals surface area contributed by atoms with E-state index in [9.17, 15) is 19.7 Å².